The first-order valence-corrected chi connectivity index (χ1v) is 31.1. The van der Waals surface area contributed by atoms with E-state index in [0.29, 0.717) is 110 Å². The highest BCUT2D eigenvalue weighted by Crippen LogP contribution is 2.39. The number of aromatic amines is 1. The number of morpholine rings is 1. The summed E-state index contributed by atoms with van der Waals surface area (Å²) in [7, 11) is -3.86. The normalized spacial score (nSPS) is 20.6. The number of aryl methyl sites for hydroxylation is 1. The van der Waals surface area contributed by atoms with Gasteiger partial charge in [0, 0.05) is 92.4 Å². The quantitative estimate of drug-likeness (QED) is 0.0823. The number of carbonyl (C=O) groups is 3. The second kappa shape index (κ2) is 25.0. The summed E-state index contributed by atoms with van der Waals surface area (Å²) >= 11 is 1.35. The van der Waals surface area contributed by atoms with E-state index in [1.54, 1.807) is 55.6 Å². The highest BCUT2D eigenvalue weighted by atomic mass is 32.2. The lowest BCUT2D eigenvalue weighted by Gasteiger charge is -2.47. The maximum Gasteiger partial charge on any atom is 0.410 e. The van der Waals surface area contributed by atoms with Crippen LogP contribution in [0.1, 0.15) is 113 Å². The number of nitrogens with one attached hydrogen (secondary N) is 2. The van der Waals surface area contributed by atoms with Gasteiger partial charge in [-0.15, -0.1) is 11.3 Å². The molecule has 2 amide bonds. The van der Waals surface area contributed by atoms with E-state index in [2.05, 4.69) is 50.1 Å². The Labute approximate surface area is 493 Å². The number of hydrogen-bond donors (Lipinski definition) is 2. The van der Waals surface area contributed by atoms with Gasteiger partial charge in [0.1, 0.15) is 63.4 Å². The molecule has 4 fully saturated rings. The maximum absolute atomic E-state index is 14.4. The van der Waals surface area contributed by atoms with Crippen LogP contribution >= 0.6 is 11.3 Å². The molecule has 4 aromatic heterocycles. The molecule has 2 aromatic carbocycles. The first-order valence-electron chi connectivity index (χ1n) is 28.8. The molecule has 25 heteroatoms. The number of aromatic nitrogens is 7. The monoisotopic (exact) mass is 1190 g/mol. The molecule has 84 heavy (non-hydrogen) atoms. The molecule has 4 aliphatic heterocycles. The van der Waals surface area contributed by atoms with Crippen LogP contribution in [0.5, 0.6) is 11.5 Å². The lowest BCUT2D eigenvalue weighted by atomic mass is 9.98. The van der Waals surface area contributed by atoms with Crippen LogP contribution in [0.4, 0.5) is 26.8 Å². The van der Waals surface area contributed by atoms with Gasteiger partial charge in [-0.05, 0) is 124 Å². The van der Waals surface area contributed by atoms with Crippen molar-refractivity contribution in [2.45, 2.75) is 127 Å². The number of piperidine rings is 1. The number of ketones is 1. The molecular weight excluding hydrogens is 1120 g/mol. The lowest BCUT2D eigenvalue weighted by molar-refractivity contribution is -0.135. The number of nitrogens with zero attached hydrogens (tertiary/aromatic N) is 11. The molecular formula is C59H76FN13O9S2. The van der Waals surface area contributed by atoms with Crippen LogP contribution in [0, 0.1) is 25.6 Å². The number of likely N-dealkylation sites (tertiary alicyclic amines) is 1. The number of H-pyrrole nitrogens is 1. The zero-order valence-electron chi connectivity index (χ0n) is 49.3. The molecule has 0 aliphatic carbocycles. The maximum atomic E-state index is 14.4. The average Bonchev–Trinajstić information content (AvgIpc) is 1.89. The number of benzene rings is 2. The summed E-state index contributed by atoms with van der Waals surface area (Å²) < 4.78 is 65.4. The molecule has 0 unspecified atom stereocenters. The van der Waals surface area contributed by atoms with Crippen molar-refractivity contribution in [2.24, 2.45) is 5.92 Å². The van der Waals surface area contributed by atoms with Crippen molar-refractivity contribution in [3.05, 3.63) is 93.8 Å². The van der Waals surface area contributed by atoms with E-state index in [9.17, 15) is 27.2 Å². The molecule has 4 aliphatic rings. The van der Waals surface area contributed by atoms with Gasteiger partial charge in [-0.2, -0.15) is 5.10 Å². The summed E-state index contributed by atoms with van der Waals surface area (Å²) in [5.74, 6) is 1.83. The molecule has 0 spiro atoms. The smallest absolute Gasteiger partial charge is 0.410 e. The number of hydrogen-bond acceptors (Lipinski definition) is 20. The predicted octanol–water partition coefficient (Wildman–Crippen LogP) is 7.95. The first-order chi connectivity index (χ1) is 40.0. The SMILES string of the molecule is Cc1n[nH]c(Nc2ncnc3cc(OCC4CCN(c5ncc(OC[C@H]6CN(C[C@H]7CN(C(=O)OC(C)(C)C)[C@H](C)CN7CC(=O)N7CCC[C@H]7c7nc(C(=O)c8ccc(F)cc8)cs7)CCO6)cn5)CC4)c(S(=O)(=O)C(C)(C)C)cc23)c1C. The molecule has 10 rings (SSSR count). The van der Waals surface area contributed by atoms with Gasteiger partial charge in [0.2, 0.25) is 17.6 Å². The average molecular weight is 1190 g/mol. The molecule has 450 valence electrons. The summed E-state index contributed by atoms with van der Waals surface area (Å²) in [5, 5.41) is 13.5. The number of ether oxygens (including phenoxy) is 4. The molecule has 6 aromatic rings. The second-order valence-corrected chi connectivity index (χ2v) is 27.9. The topological polar surface area (TPSA) is 244 Å². The van der Waals surface area contributed by atoms with E-state index in [4.69, 9.17) is 23.9 Å². The van der Waals surface area contributed by atoms with Crippen LogP contribution in [-0.4, -0.2) is 188 Å². The van der Waals surface area contributed by atoms with E-state index in [0.717, 1.165) is 36.9 Å². The van der Waals surface area contributed by atoms with E-state index in [-0.39, 0.29) is 71.3 Å². The molecule has 2 N–H and O–H groups in total. The molecule has 0 bridgehead atoms. The summed E-state index contributed by atoms with van der Waals surface area (Å²) in [6.45, 7) is 22.1. The van der Waals surface area contributed by atoms with Crippen molar-refractivity contribution >= 4 is 67.4 Å². The van der Waals surface area contributed by atoms with Crippen molar-refractivity contribution in [3.8, 4) is 11.5 Å². The molecule has 4 saturated heterocycles. The minimum absolute atomic E-state index is 0.0427. The number of anilines is 3. The van der Waals surface area contributed by atoms with Gasteiger partial charge in [0.05, 0.1) is 54.2 Å². The van der Waals surface area contributed by atoms with Crippen LogP contribution in [0.2, 0.25) is 0 Å². The standard InChI is InChI=1S/C59H76FN13O9S2/c1-36-27-71(31-51(74)72-18-10-11-48(72)55-65-47(34-83-55)52(75)40-12-14-41(60)15-13-40)42(29-73(36)57(76)82-58(4,5)6)28-69-21-22-79-44(30-69)33-80-43-25-61-56(62-26-43)70-19-16-39(17-20-70)32-81-49-24-46-45(23-50(49)84(77,78)59(7,8)9)54(64-35-63-46)66-53-37(2)38(3)67-68-53/h12-15,23-26,34-36,39,42,44,48H,10-11,16-22,27-33H2,1-9H3,(H2,63,64,66,67,68)/t36-,42+,44-,48+/m1/s1. The Morgan fingerprint density at radius 3 is 2.35 bits per heavy atom. The molecule has 4 atom stereocenters. The third-order valence-electron chi connectivity index (χ3n) is 16.0. The second-order valence-electron chi connectivity index (χ2n) is 24.3. The Balaban J connectivity index is 0.732. The van der Waals surface area contributed by atoms with Gasteiger partial charge in [-0.3, -0.25) is 24.5 Å². The fourth-order valence-electron chi connectivity index (χ4n) is 11.1. The summed E-state index contributed by atoms with van der Waals surface area (Å²) in [6, 6.07) is 7.99. The molecule has 0 saturated carbocycles. The van der Waals surface area contributed by atoms with Gasteiger partial charge in [-0.25, -0.2) is 42.5 Å². The van der Waals surface area contributed by atoms with E-state index in [1.165, 1.54) is 41.9 Å². The number of sulfone groups is 1. The van der Waals surface area contributed by atoms with Crippen molar-refractivity contribution in [1.82, 2.24) is 54.7 Å². The Morgan fingerprint density at radius 1 is 0.893 bits per heavy atom. The highest BCUT2D eigenvalue weighted by Gasteiger charge is 2.41. The fourth-order valence-corrected chi connectivity index (χ4v) is 13.3. The molecule has 22 nitrogen and oxygen atoms in total. The van der Waals surface area contributed by atoms with Crippen LogP contribution in [0.25, 0.3) is 10.9 Å². The van der Waals surface area contributed by atoms with Crippen LogP contribution < -0.4 is 19.7 Å². The lowest BCUT2D eigenvalue weighted by Crippen LogP contribution is -2.64. The van der Waals surface area contributed by atoms with Crippen LogP contribution in [0.3, 0.4) is 0 Å². The number of amides is 2. The third kappa shape index (κ3) is 13.8. The van der Waals surface area contributed by atoms with Crippen LogP contribution in [-0.2, 0) is 24.1 Å². The number of rotatable bonds is 17. The number of halogens is 1. The van der Waals surface area contributed by atoms with Crippen molar-refractivity contribution in [2.75, 3.05) is 88.9 Å². The molecule has 0 radical (unpaired) electrons. The van der Waals surface area contributed by atoms with Crippen LogP contribution in [0.15, 0.2) is 65.4 Å². The van der Waals surface area contributed by atoms with Gasteiger partial charge >= 0.3 is 6.09 Å². The van der Waals surface area contributed by atoms with Crippen molar-refractivity contribution in [1.29, 1.82) is 0 Å². The Kier molecular flexibility index (Phi) is 17.9. The van der Waals surface area contributed by atoms with E-state index in [1.807, 2.05) is 46.4 Å². The van der Waals surface area contributed by atoms with Gasteiger partial charge in [0.25, 0.3) is 0 Å². The highest BCUT2D eigenvalue weighted by molar-refractivity contribution is 7.92. The number of fused-ring (bicyclic) bond motifs is 1. The van der Waals surface area contributed by atoms with Gasteiger partial charge in [0.15, 0.2) is 15.6 Å². The third-order valence-corrected chi connectivity index (χ3v) is 19.5. The largest absolute Gasteiger partial charge is 0.492 e. The molecule has 8 heterocycles. The van der Waals surface area contributed by atoms with Crippen molar-refractivity contribution in [3.63, 3.8) is 0 Å². The summed E-state index contributed by atoms with van der Waals surface area (Å²) in [6.07, 6.45) is 7.18. The zero-order chi connectivity index (χ0) is 59.7. The number of carbonyl (C=O) groups excluding carboxylic acids is 3. The van der Waals surface area contributed by atoms with E-state index < -0.39 is 32.1 Å². The Bertz CT molecular complexity index is 3440. The van der Waals surface area contributed by atoms with E-state index >= 15 is 0 Å². The number of piperazine rings is 1. The predicted molar refractivity (Wildman–Crippen MR) is 315 cm³/mol. The fraction of sp³-hybridized carbons (Fsp3) is 0.542. The minimum atomic E-state index is -3.86. The van der Waals surface area contributed by atoms with Gasteiger partial charge in [-0.1, -0.05) is 0 Å². The Morgan fingerprint density at radius 2 is 1.64 bits per heavy atom. The first kappa shape index (κ1) is 60.2. The summed E-state index contributed by atoms with van der Waals surface area (Å²) in [4.78, 5) is 74.6. The zero-order valence-corrected chi connectivity index (χ0v) is 50.9. The Hall–Kier alpha value is -6.93. The van der Waals surface area contributed by atoms with Gasteiger partial charge < -0.3 is 39.0 Å². The van der Waals surface area contributed by atoms with Crippen molar-refractivity contribution < 1.29 is 46.1 Å². The minimum Gasteiger partial charge on any atom is -0.492 e. The summed E-state index contributed by atoms with van der Waals surface area (Å²) in [5.41, 5.74) is 2.23. The number of thiazole rings is 1.